The molecule has 1 aliphatic heterocycles. The molecule has 2 rings (SSSR count). The van der Waals surface area contributed by atoms with Gasteiger partial charge in [-0.1, -0.05) is 24.6 Å². The van der Waals surface area contributed by atoms with Gasteiger partial charge in [0.25, 0.3) is 0 Å². The predicted octanol–water partition coefficient (Wildman–Crippen LogP) is 3.82. The van der Waals surface area contributed by atoms with Crippen LogP contribution in [0, 0.1) is 5.82 Å². The summed E-state index contributed by atoms with van der Waals surface area (Å²) in [5, 5.41) is 3.72. The monoisotopic (exact) mass is 269 g/mol. The van der Waals surface area contributed by atoms with E-state index in [-0.39, 0.29) is 11.9 Å². The average molecular weight is 270 g/mol. The summed E-state index contributed by atoms with van der Waals surface area (Å²) in [5.74, 6) is 0.475. The number of hydrogen-bond donors (Lipinski definition) is 1. The summed E-state index contributed by atoms with van der Waals surface area (Å²) in [6.45, 7) is 3.51. The second-order valence-electron chi connectivity index (χ2n) is 4.27. The van der Waals surface area contributed by atoms with Crippen molar-refractivity contribution in [3.8, 4) is 0 Å². The summed E-state index contributed by atoms with van der Waals surface area (Å²) >= 11 is 6.12. The molecular formula is C14H17ClFNO. The van der Waals surface area contributed by atoms with Crippen LogP contribution in [0.1, 0.15) is 31.4 Å². The molecule has 0 amide bonds. The molecule has 1 atom stereocenters. The molecular weight excluding hydrogens is 253 g/mol. The number of rotatable bonds is 5. The Bertz CT molecular complexity index is 427. The fraction of sp³-hybridized carbons (Fsp3) is 0.429. The van der Waals surface area contributed by atoms with E-state index in [0.717, 1.165) is 25.1 Å². The first-order valence-electron chi connectivity index (χ1n) is 6.24. The van der Waals surface area contributed by atoms with Gasteiger partial charge < -0.3 is 10.1 Å². The third kappa shape index (κ3) is 2.85. The molecule has 0 saturated carbocycles. The van der Waals surface area contributed by atoms with E-state index < -0.39 is 0 Å². The van der Waals surface area contributed by atoms with Gasteiger partial charge in [-0.15, -0.1) is 0 Å². The van der Waals surface area contributed by atoms with Crippen molar-refractivity contribution >= 4 is 11.6 Å². The molecule has 4 heteroatoms. The van der Waals surface area contributed by atoms with Gasteiger partial charge in [-0.3, -0.25) is 0 Å². The van der Waals surface area contributed by atoms with Gasteiger partial charge in [0, 0.05) is 17.0 Å². The van der Waals surface area contributed by atoms with Crippen LogP contribution in [0.4, 0.5) is 4.39 Å². The molecule has 0 aliphatic carbocycles. The number of nitrogens with one attached hydrogen (secondary N) is 1. The highest BCUT2D eigenvalue weighted by Crippen LogP contribution is 2.33. The molecule has 1 N–H and O–H groups in total. The van der Waals surface area contributed by atoms with Gasteiger partial charge in [0.15, 0.2) is 0 Å². The lowest BCUT2D eigenvalue weighted by Crippen LogP contribution is -2.25. The van der Waals surface area contributed by atoms with Crippen LogP contribution in [0.5, 0.6) is 0 Å². The van der Waals surface area contributed by atoms with Crippen LogP contribution >= 0.6 is 11.6 Å². The molecule has 1 heterocycles. The van der Waals surface area contributed by atoms with Crippen molar-refractivity contribution in [1.82, 2.24) is 5.32 Å². The van der Waals surface area contributed by atoms with Crippen LogP contribution < -0.4 is 5.32 Å². The molecule has 0 aromatic heterocycles. The topological polar surface area (TPSA) is 21.3 Å². The van der Waals surface area contributed by atoms with Gasteiger partial charge in [-0.25, -0.2) is 4.39 Å². The largest absolute Gasteiger partial charge is 0.496 e. The van der Waals surface area contributed by atoms with Crippen LogP contribution in [-0.2, 0) is 4.74 Å². The predicted molar refractivity (Wildman–Crippen MR) is 71.1 cm³/mol. The van der Waals surface area contributed by atoms with Crippen LogP contribution in [0.25, 0.3) is 0 Å². The molecule has 1 aliphatic rings. The van der Waals surface area contributed by atoms with Gasteiger partial charge in [0.1, 0.15) is 11.6 Å². The summed E-state index contributed by atoms with van der Waals surface area (Å²) in [5.41, 5.74) is 0.473. The second kappa shape index (κ2) is 6.21. The number of ether oxygens (including phenoxy) is 1. The van der Waals surface area contributed by atoms with Crippen molar-refractivity contribution in [2.24, 2.45) is 0 Å². The van der Waals surface area contributed by atoms with Gasteiger partial charge in [-0.05, 0) is 31.2 Å². The van der Waals surface area contributed by atoms with Crippen molar-refractivity contribution in [2.45, 2.75) is 25.8 Å². The highest BCUT2D eigenvalue weighted by atomic mass is 35.5. The summed E-state index contributed by atoms with van der Waals surface area (Å²) < 4.78 is 19.5. The van der Waals surface area contributed by atoms with Crippen molar-refractivity contribution in [3.05, 3.63) is 46.4 Å². The van der Waals surface area contributed by atoms with Gasteiger partial charge in [-0.2, -0.15) is 0 Å². The van der Waals surface area contributed by atoms with Crippen molar-refractivity contribution < 1.29 is 9.13 Å². The van der Waals surface area contributed by atoms with Gasteiger partial charge in [0.2, 0.25) is 0 Å². The lowest BCUT2D eigenvalue weighted by Gasteiger charge is -2.21. The highest BCUT2D eigenvalue weighted by Gasteiger charge is 2.25. The Kier molecular flexibility index (Phi) is 4.61. The lowest BCUT2D eigenvalue weighted by atomic mass is 10.0. The summed E-state index contributed by atoms with van der Waals surface area (Å²) in [6, 6.07) is 4.45. The van der Waals surface area contributed by atoms with E-state index in [4.69, 9.17) is 16.3 Å². The molecule has 0 radical (unpaired) electrons. The van der Waals surface area contributed by atoms with E-state index >= 15 is 0 Å². The van der Waals surface area contributed by atoms with E-state index in [1.165, 1.54) is 6.07 Å². The lowest BCUT2D eigenvalue weighted by molar-refractivity contribution is 0.214. The minimum Gasteiger partial charge on any atom is -0.496 e. The first kappa shape index (κ1) is 13.4. The van der Waals surface area contributed by atoms with E-state index in [9.17, 15) is 4.39 Å². The number of hydrogen-bond acceptors (Lipinski definition) is 2. The van der Waals surface area contributed by atoms with E-state index in [1.54, 1.807) is 12.1 Å². The van der Waals surface area contributed by atoms with Crippen molar-refractivity contribution in [3.63, 3.8) is 0 Å². The Morgan fingerprint density at radius 1 is 1.50 bits per heavy atom. The fourth-order valence-electron chi connectivity index (χ4n) is 2.06. The smallest absolute Gasteiger partial charge is 0.129 e. The summed E-state index contributed by atoms with van der Waals surface area (Å²) in [4.78, 5) is 0. The Morgan fingerprint density at radius 3 is 2.94 bits per heavy atom. The number of halogens is 2. The second-order valence-corrected chi connectivity index (χ2v) is 4.67. The minimum atomic E-state index is -0.299. The molecule has 0 fully saturated rings. The van der Waals surface area contributed by atoms with Crippen LogP contribution in [0.15, 0.2) is 30.0 Å². The van der Waals surface area contributed by atoms with Gasteiger partial charge in [0.05, 0.1) is 12.6 Å². The quantitative estimate of drug-likeness (QED) is 0.877. The van der Waals surface area contributed by atoms with Crippen LogP contribution in [0.3, 0.4) is 0 Å². The third-order valence-electron chi connectivity index (χ3n) is 2.90. The number of benzene rings is 1. The molecule has 2 nitrogen and oxygen atoms in total. The zero-order chi connectivity index (χ0) is 13.0. The van der Waals surface area contributed by atoms with Crippen molar-refractivity contribution in [1.29, 1.82) is 0 Å². The van der Waals surface area contributed by atoms with Gasteiger partial charge >= 0.3 is 0 Å². The maximum Gasteiger partial charge on any atom is 0.129 e. The Labute approximate surface area is 112 Å². The maximum atomic E-state index is 14.0. The van der Waals surface area contributed by atoms with Crippen LogP contribution in [0.2, 0.25) is 5.02 Å². The summed E-state index contributed by atoms with van der Waals surface area (Å²) in [7, 11) is 0. The molecule has 0 bridgehead atoms. The molecule has 98 valence electrons. The molecule has 0 spiro atoms. The maximum absolute atomic E-state index is 14.0. The molecule has 1 aromatic rings. The standard InChI is InChI=1S/C14H17ClFNO/c1-2-8-17-14(12-7-4-9-18-12)13-10(15)5-3-6-11(13)16/h3,5-7,14,17H,2,4,8-9H2,1H3. The summed E-state index contributed by atoms with van der Waals surface area (Å²) in [6.07, 6.45) is 3.83. The molecule has 1 unspecified atom stereocenters. The highest BCUT2D eigenvalue weighted by molar-refractivity contribution is 6.31. The fourth-order valence-corrected chi connectivity index (χ4v) is 2.33. The molecule has 0 saturated heterocycles. The first-order chi connectivity index (χ1) is 8.74. The zero-order valence-corrected chi connectivity index (χ0v) is 11.1. The minimum absolute atomic E-state index is 0.291. The van der Waals surface area contributed by atoms with E-state index in [1.807, 2.05) is 6.08 Å². The van der Waals surface area contributed by atoms with E-state index in [2.05, 4.69) is 12.2 Å². The molecule has 1 aromatic carbocycles. The third-order valence-corrected chi connectivity index (χ3v) is 3.23. The first-order valence-corrected chi connectivity index (χ1v) is 6.62. The molecule has 18 heavy (non-hydrogen) atoms. The Hall–Kier alpha value is -1.06. The normalized spacial score (nSPS) is 16.3. The average Bonchev–Trinajstić information content (AvgIpc) is 2.86. The SMILES string of the molecule is CCCNC(C1=CCCO1)c1c(F)cccc1Cl. The Morgan fingerprint density at radius 2 is 2.33 bits per heavy atom. The zero-order valence-electron chi connectivity index (χ0n) is 10.4. The Balaban J connectivity index is 2.33. The van der Waals surface area contributed by atoms with E-state index in [0.29, 0.717) is 17.2 Å². The van der Waals surface area contributed by atoms with Crippen molar-refractivity contribution in [2.75, 3.05) is 13.2 Å². The van der Waals surface area contributed by atoms with Crippen LogP contribution in [-0.4, -0.2) is 13.2 Å².